The number of piperazine rings is 1. The largest absolute Gasteiger partial charge is 0.468 e. The molecule has 5 nitrogen and oxygen atoms in total. The van der Waals surface area contributed by atoms with Gasteiger partial charge in [-0.05, 0) is 45.3 Å². The van der Waals surface area contributed by atoms with Crippen LogP contribution in [0.25, 0.3) is 0 Å². The highest BCUT2D eigenvalue weighted by molar-refractivity contribution is 5.81. The molecule has 2 rings (SSSR count). The second-order valence-corrected chi connectivity index (χ2v) is 6.37. The van der Waals surface area contributed by atoms with Crippen LogP contribution in [0.5, 0.6) is 0 Å². The molecule has 0 aromatic carbocycles. The summed E-state index contributed by atoms with van der Waals surface area (Å²) in [5, 5.41) is 3.28. The fourth-order valence-corrected chi connectivity index (χ4v) is 4.02. The van der Waals surface area contributed by atoms with Crippen LogP contribution in [-0.2, 0) is 9.53 Å². The van der Waals surface area contributed by atoms with Gasteiger partial charge >= 0.3 is 5.97 Å². The number of esters is 1. The molecule has 1 aliphatic heterocycles. The number of likely N-dealkylation sites (N-methyl/N-ethyl adjacent to an activating group) is 2. The lowest BCUT2D eigenvalue weighted by atomic mass is 9.84. The summed E-state index contributed by atoms with van der Waals surface area (Å²) in [4.78, 5) is 17.2. The lowest BCUT2D eigenvalue weighted by Gasteiger charge is -2.37. The van der Waals surface area contributed by atoms with Gasteiger partial charge in [-0.3, -0.25) is 4.79 Å². The van der Waals surface area contributed by atoms with E-state index in [2.05, 4.69) is 22.0 Å². The summed E-state index contributed by atoms with van der Waals surface area (Å²) < 4.78 is 5.06. The number of nitrogens with zero attached hydrogens (tertiary/aromatic N) is 2. The predicted octanol–water partition coefficient (Wildman–Crippen LogP) is 0.945. The topological polar surface area (TPSA) is 44.8 Å². The Bertz CT molecular complexity index is 342. The minimum absolute atomic E-state index is 0.0803. The number of methoxy groups -OCH3 is 1. The molecule has 1 saturated carbocycles. The third-order valence-electron chi connectivity index (χ3n) is 5.52. The van der Waals surface area contributed by atoms with Crippen LogP contribution in [-0.4, -0.2) is 74.7 Å². The normalized spacial score (nSPS) is 31.5. The molecule has 0 bridgehead atoms. The summed E-state index contributed by atoms with van der Waals surface area (Å²) in [6, 6.07) is 0. The summed E-state index contributed by atoms with van der Waals surface area (Å²) in [6.45, 7) is 9.15. The second kappa shape index (κ2) is 7.56. The molecule has 1 N–H and O–H groups in total. The quantitative estimate of drug-likeness (QED) is 0.740. The van der Waals surface area contributed by atoms with Gasteiger partial charge in [0.2, 0.25) is 0 Å². The van der Waals surface area contributed by atoms with Gasteiger partial charge < -0.3 is 19.9 Å². The molecule has 2 fully saturated rings. The van der Waals surface area contributed by atoms with Crippen LogP contribution in [0.2, 0.25) is 0 Å². The van der Waals surface area contributed by atoms with Gasteiger partial charge in [-0.25, -0.2) is 0 Å². The van der Waals surface area contributed by atoms with Crippen LogP contribution in [0, 0.1) is 5.92 Å². The van der Waals surface area contributed by atoms with Crippen LogP contribution in [0.3, 0.4) is 0 Å². The Morgan fingerprint density at radius 1 is 1.29 bits per heavy atom. The van der Waals surface area contributed by atoms with Crippen molar-refractivity contribution in [3.63, 3.8) is 0 Å². The van der Waals surface area contributed by atoms with Gasteiger partial charge in [0.05, 0.1) is 7.11 Å². The number of hydrogen-bond acceptors (Lipinski definition) is 5. The number of carbonyl (C=O) groups is 1. The Balaban J connectivity index is 1.86. The zero-order chi connectivity index (χ0) is 15.3. The molecule has 1 heterocycles. The highest BCUT2D eigenvalue weighted by Gasteiger charge is 2.48. The fourth-order valence-electron chi connectivity index (χ4n) is 4.02. The zero-order valence-corrected chi connectivity index (χ0v) is 13.9. The first-order valence-corrected chi connectivity index (χ1v) is 8.38. The summed E-state index contributed by atoms with van der Waals surface area (Å²) in [5.41, 5.74) is -0.444. The van der Waals surface area contributed by atoms with Crippen molar-refractivity contribution in [1.29, 1.82) is 0 Å². The third-order valence-corrected chi connectivity index (χ3v) is 5.52. The van der Waals surface area contributed by atoms with Crippen LogP contribution in [0.4, 0.5) is 0 Å². The average Bonchev–Trinajstić information content (AvgIpc) is 2.96. The molecule has 21 heavy (non-hydrogen) atoms. The van der Waals surface area contributed by atoms with Crippen LogP contribution < -0.4 is 5.32 Å². The van der Waals surface area contributed by atoms with E-state index in [0.29, 0.717) is 5.92 Å². The molecule has 2 unspecified atom stereocenters. The number of hydrogen-bond donors (Lipinski definition) is 1. The van der Waals surface area contributed by atoms with E-state index in [-0.39, 0.29) is 5.97 Å². The molecule has 122 valence electrons. The van der Waals surface area contributed by atoms with Crippen LogP contribution >= 0.6 is 0 Å². The maximum absolute atomic E-state index is 12.2. The van der Waals surface area contributed by atoms with Crippen molar-refractivity contribution >= 4 is 5.97 Å². The molecule has 2 aliphatic rings. The molecule has 0 aromatic rings. The smallest absolute Gasteiger partial charge is 0.326 e. The summed E-state index contributed by atoms with van der Waals surface area (Å²) in [5.74, 6) is 0.322. The van der Waals surface area contributed by atoms with Gasteiger partial charge in [0.25, 0.3) is 0 Å². The first kappa shape index (κ1) is 16.7. The highest BCUT2D eigenvalue weighted by Crippen LogP contribution is 2.38. The molecule has 2 atom stereocenters. The average molecular weight is 297 g/mol. The predicted molar refractivity (Wildman–Crippen MR) is 84.3 cm³/mol. The summed E-state index contributed by atoms with van der Waals surface area (Å²) in [7, 11) is 3.40. The standard InChI is InChI=1S/C16H31N3O2/c1-4-18-10-12-19(13-11-18)9-7-14-6-5-8-16(14,17-2)15(20)21-3/h14,17H,4-13H2,1-3H3. The lowest BCUT2D eigenvalue weighted by Crippen LogP contribution is -2.54. The fraction of sp³-hybridized carbons (Fsp3) is 0.938. The van der Waals surface area contributed by atoms with Crippen LogP contribution in [0.1, 0.15) is 32.6 Å². The Hall–Kier alpha value is -0.650. The summed E-state index contributed by atoms with van der Waals surface area (Å²) in [6.07, 6.45) is 4.24. The van der Waals surface area contributed by atoms with Crippen molar-refractivity contribution in [2.24, 2.45) is 5.92 Å². The van der Waals surface area contributed by atoms with E-state index in [9.17, 15) is 4.79 Å². The van der Waals surface area contributed by atoms with Crippen molar-refractivity contribution in [1.82, 2.24) is 15.1 Å². The maximum Gasteiger partial charge on any atom is 0.326 e. The number of ether oxygens (including phenoxy) is 1. The molecule has 5 heteroatoms. The van der Waals surface area contributed by atoms with E-state index in [4.69, 9.17) is 4.74 Å². The van der Waals surface area contributed by atoms with Crippen molar-refractivity contribution in [2.45, 2.75) is 38.1 Å². The second-order valence-electron chi connectivity index (χ2n) is 6.37. The minimum atomic E-state index is -0.444. The lowest BCUT2D eigenvalue weighted by molar-refractivity contribution is -0.150. The Labute approximate surface area is 129 Å². The molecular weight excluding hydrogens is 266 g/mol. The van der Waals surface area contributed by atoms with Gasteiger partial charge in [-0.15, -0.1) is 0 Å². The third kappa shape index (κ3) is 3.58. The molecule has 0 radical (unpaired) electrons. The SMILES string of the molecule is CCN1CCN(CCC2CCCC2(NC)C(=O)OC)CC1. The number of rotatable bonds is 6. The molecule has 0 aromatic heterocycles. The highest BCUT2D eigenvalue weighted by atomic mass is 16.5. The van der Waals surface area contributed by atoms with E-state index in [1.807, 2.05) is 7.05 Å². The molecule has 1 aliphatic carbocycles. The maximum atomic E-state index is 12.2. The monoisotopic (exact) mass is 297 g/mol. The zero-order valence-electron chi connectivity index (χ0n) is 13.9. The minimum Gasteiger partial charge on any atom is -0.468 e. The Morgan fingerprint density at radius 3 is 2.52 bits per heavy atom. The molecule has 1 saturated heterocycles. The number of nitrogens with one attached hydrogen (secondary N) is 1. The van der Waals surface area contributed by atoms with E-state index < -0.39 is 5.54 Å². The molecule has 0 amide bonds. The van der Waals surface area contributed by atoms with Gasteiger partial charge in [-0.1, -0.05) is 13.3 Å². The Kier molecular flexibility index (Phi) is 6.02. The first-order chi connectivity index (χ1) is 10.2. The molecule has 0 spiro atoms. The van der Waals surface area contributed by atoms with Crippen molar-refractivity contribution in [3.05, 3.63) is 0 Å². The van der Waals surface area contributed by atoms with Gasteiger partial charge in [0.15, 0.2) is 0 Å². The first-order valence-electron chi connectivity index (χ1n) is 8.38. The van der Waals surface area contributed by atoms with E-state index >= 15 is 0 Å². The van der Waals surface area contributed by atoms with E-state index in [1.165, 1.54) is 20.2 Å². The van der Waals surface area contributed by atoms with Crippen molar-refractivity contribution in [2.75, 3.05) is 53.4 Å². The van der Waals surface area contributed by atoms with E-state index in [1.54, 1.807) is 0 Å². The van der Waals surface area contributed by atoms with E-state index in [0.717, 1.165) is 51.9 Å². The Morgan fingerprint density at radius 2 is 1.95 bits per heavy atom. The molecular formula is C16H31N3O2. The van der Waals surface area contributed by atoms with Gasteiger partial charge in [-0.2, -0.15) is 0 Å². The van der Waals surface area contributed by atoms with Crippen molar-refractivity contribution in [3.8, 4) is 0 Å². The van der Waals surface area contributed by atoms with Crippen molar-refractivity contribution < 1.29 is 9.53 Å². The number of carbonyl (C=O) groups excluding carboxylic acids is 1. The van der Waals surface area contributed by atoms with Gasteiger partial charge in [0, 0.05) is 26.2 Å². The van der Waals surface area contributed by atoms with Gasteiger partial charge in [0.1, 0.15) is 5.54 Å². The van der Waals surface area contributed by atoms with Crippen LogP contribution in [0.15, 0.2) is 0 Å². The summed E-state index contributed by atoms with van der Waals surface area (Å²) >= 11 is 0.